The van der Waals surface area contributed by atoms with Gasteiger partial charge < -0.3 is 10.5 Å². The van der Waals surface area contributed by atoms with Gasteiger partial charge in [-0.05, 0) is 42.9 Å². The normalized spacial score (nSPS) is 25.5. The van der Waals surface area contributed by atoms with E-state index in [0.29, 0.717) is 12.0 Å². The molecule has 2 rings (SSSR count). The van der Waals surface area contributed by atoms with Crippen LogP contribution in [0.4, 0.5) is 0 Å². The zero-order valence-electron chi connectivity index (χ0n) is 9.28. The molecule has 82 valence electrons. The van der Waals surface area contributed by atoms with Crippen LogP contribution in [0.3, 0.4) is 0 Å². The monoisotopic (exact) mass is 205 g/mol. The van der Waals surface area contributed by atoms with E-state index in [1.165, 1.54) is 24.8 Å². The Labute approximate surface area is 91.4 Å². The number of rotatable bonds is 3. The third-order valence-electron chi connectivity index (χ3n) is 3.35. The van der Waals surface area contributed by atoms with Crippen molar-refractivity contribution in [3.63, 3.8) is 0 Å². The fourth-order valence-electron chi connectivity index (χ4n) is 2.42. The lowest BCUT2D eigenvalue weighted by atomic mass is 9.95. The predicted molar refractivity (Wildman–Crippen MR) is 62.0 cm³/mol. The summed E-state index contributed by atoms with van der Waals surface area (Å²) >= 11 is 0. The highest BCUT2D eigenvalue weighted by Gasteiger charge is 2.23. The highest BCUT2D eigenvalue weighted by atomic mass is 16.5. The maximum Gasteiger partial charge on any atom is 0.119 e. The van der Waals surface area contributed by atoms with Crippen molar-refractivity contribution < 1.29 is 4.74 Å². The first-order valence-electron chi connectivity index (χ1n) is 5.68. The Hall–Kier alpha value is -1.02. The lowest BCUT2D eigenvalue weighted by molar-refractivity contribution is 0.413. The molecule has 1 aromatic rings. The Balaban J connectivity index is 2.03. The van der Waals surface area contributed by atoms with Crippen molar-refractivity contribution >= 4 is 0 Å². The van der Waals surface area contributed by atoms with E-state index in [2.05, 4.69) is 18.2 Å². The zero-order valence-corrected chi connectivity index (χ0v) is 9.28. The van der Waals surface area contributed by atoms with Gasteiger partial charge in [-0.1, -0.05) is 18.6 Å². The van der Waals surface area contributed by atoms with Gasteiger partial charge in [-0.15, -0.1) is 0 Å². The van der Waals surface area contributed by atoms with Gasteiger partial charge in [-0.25, -0.2) is 0 Å². The second-order valence-electron chi connectivity index (χ2n) is 4.41. The van der Waals surface area contributed by atoms with Crippen molar-refractivity contribution in [1.82, 2.24) is 0 Å². The molecule has 2 unspecified atom stereocenters. The Morgan fingerprint density at radius 2 is 2.27 bits per heavy atom. The van der Waals surface area contributed by atoms with Crippen LogP contribution in [0.2, 0.25) is 0 Å². The molecule has 0 spiro atoms. The number of hydrogen-bond acceptors (Lipinski definition) is 2. The van der Waals surface area contributed by atoms with E-state index < -0.39 is 0 Å². The maximum atomic E-state index is 6.07. The minimum absolute atomic E-state index is 0.399. The van der Waals surface area contributed by atoms with Crippen LogP contribution < -0.4 is 10.5 Å². The molecular formula is C13H19NO. The van der Waals surface area contributed by atoms with Crippen molar-refractivity contribution in [1.29, 1.82) is 0 Å². The van der Waals surface area contributed by atoms with E-state index in [9.17, 15) is 0 Å². The molecule has 0 heterocycles. The fourth-order valence-corrected chi connectivity index (χ4v) is 2.42. The average Bonchev–Trinajstić information content (AvgIpc) is 2.65. The molecular weight excluding hydrogens is 186 g/mol. The van der Waals surface area contributed by atoms with Crippen molar-refractivity contribution in [3.05, 3.63) is 29.8 Å². The maximum absolute atomic E-state index is 6.07. The molecule has 0 amide bonds. The van der Waals surface area contributed by atoms with Crippen molar-refractivity contribution in [2.45, 2.75) is 31.7 Å². The predicted octanol–water partition coefficient (Wildman–Crippen LogP) is 2.37. The summed E-state index contributed by atoms with van der Waals surface area (Å²) in [7, 11) is 1.71. The van der Waals surface area contributed by atoms with Crippen LogP contribution in [-0.4, -0.2) is 13.2 Å². The molecule has 1 aliphatic rings. The second-order valence-corrected chi connectivity index (χ2v) is 4.41. The third-order valence-corrected chi connectivity index (χ3v) is 3.35. The first-order valence-corrected chi connectivity index (χ1v) is 5.68. The molecule has 2 N–H and O–H groups in total. The number of hydrogen-bond donors (Lipinski definition) is 1. The van der Waals surface area contributed by atoms with Crippen molar-refractivity contribution in [3.8, 4) is 5.75 Å². The largest absolute Gasteiger partial charge is 0.497 e. The highest BCUT2D eigenvalue weighted by Crippen LogP contribution is 2.28. The summed E-state index contributed by atoms with van der Waals surface area (Å²) in [4.78, 5) is 0. The molecule has 2 nitrogen and oxygen atoms in total. The molecule has 15 heavy (non-hydrogen) atoms. The number of ether oxygens (including phenoxy) is 1. The number of methoxy groups -OCH3 is 1. The van der Waals surface area contributed by atoms with E-state index in [0.717, 1.165) is 12.2 Å². The third kappa shape index (κ3) is 2.51. The van der Waals surface area contributed by atoms with Gasteiger partial charge in [0.2, 0.25) is 0 Å². The lowest BCUT2D eigenvalue weighted by Crippen LogP contribution is -2.25. The molecule has 1 fully saturated rings. The van der Waals surface area contributed by atoms with Gasteiger partial charge in [-0.2, -0.15) is 0 Å². The molecule has 2 heteroatoms. The molecule has 0 bridgehead atoms. The quantitative estimate of drug-likeness (QED) is 0.822. The molecule has 1 aromatic carbocycles. The topological polar surface area (TPSA) is 35.2 Å². The standard InChI is InChI=1S/C13H19NO/c1-15-12-6-2-4-10(9-12)8-11-5-3-7-13(11)14/h2,4,6,9,11,13H,3,5,7-8,14H2,1H3. The summed E-state index contributed by atoms with van der Waals surface area (Å²) in [5, 5.41) is 0. The van der Waals surface area contributed by atoms with Crippen LogP contribution in [0.15, 0.2) is 24.3 Å². The summed E-state index contributed by atoms with van der Waals surface area (Å²) in [5.41, 5.74) is 7.41. The van der Waals surface area contributed by atoms with Gasteiger partial charge in [0, 0.05) is 6.04 Å². The van der Waals surface area contributed by atoms with Crippen LogP contribution in [0.1, 0.15) is 24.8 Å². The highest BCUT2D eigenvalue weighted by molar-refractivity contribution is 5.28. The van der Waals surface area contributed by atoms with E-state index in [4.69, 9.17) is 10.5 Å². The summed E-state index contributed by atoms with van der Waals surface area (Å²) in [6.07, 6.45) is 4.85. The number of nitrogens with two attached hydrogens (primary N) is 1. The molecule has 0 aliphatic heterocycles. The van der Waals surface area contributed by atoms with Gasteiger partial charge in [0.1, 0.15) is 5.75 Å². The molecule has 2 atom stereocenters. The average molecular weight is 205 g/mol. The van der Waals surface area contributed by atoms with Crippen molar-refractivity contribution in [2.75, 3.05) is 7.11 Å². The van der Waals surface area contributed by atoms with Crippen LogP contribution in [0.25, 0.3) is 0 Å². The van der Waals surface area contributed by atoms with Crippen LogP contribution >= 0.6 is 0 Å². The summed E-state index contributed by atoms with van der Waals surface area (Å²) in [6, 6.07) is 8.71. The zero-order chi connectivity index (χ0) is 10.7. The Morgan fingerprint density at radius 3 is 2.93 bits per heavy atom. The van der Waals surface area contributed by atoms with Gasteiger partial charge in [0.15, 0.2) is 0 Å². The Kier molecular flexibility index (Phi) is 3.27. The van der Waals surface area contributed by atoms with Crippen LogP contribution in [0, 0.1) is 5.92 Å². The van der Waals surface area contributed by atoms with Crippen LogP contribution in [-0.2, 0) is 6.42 Å². The molecule has 0 saturated heterocycles. The van der Waals surface area contributed by atoms with Gasteiger partial charge >= 0.3 is 0 Å². The first kappa shape index (κ1) is 10.5. The smallest absolute Gasteiger partial charge is 0.119 e. The van der Waals surface area contributed by atoms with E-state index in [1.807, 2.05) is 6.07 Å². The number of benzene rings is 1. The van der Waals surface area contributed by atoms with Gasteiger partial charge in [-0.3, -0.25) is 0 Å². The molecule has 0 radical (unpaired) electrons. The van der Waals surface area contributed by atoms with Gasteiger partial charge in [0.05, 0.1) is 7.11 Å². The van der Waals surface area contributed by atoms with Crippen molar-refractivity contribution in [2.24, 2.45) is 11.7 Å². The molecule has 0 aromatic heterocycles. The Morgan fingerprint density at radius 1 is 1.40 bits per heavy atom. The van der Waals surface area contributed by atoms with Gasteiger partial charge in [0.25, 0.3) is 0 Å². The van der Waals surface area contributed by atoms with Crippen LogP contribution in [0.5, 0.6) is 5.75 Å². The minimum Gasteiger partial charge on any atom is -0.497 e. The van der Waals surface area contributed by atoms with E-state index in [1.54, 1.807) is 7.11 Å². The Bertz CT molecular complexity index is 324. The lowest BCUT2D eigenvalue weighted by Gasteiger charge is -2.15. The summed E-state index contributed by atoms with van der Waals surface area (Å²) in [5.74, 6) is 1.61. The summed E-state index contributed by atoms with van der Waals surface area (Å²) < 4.78 is 5.21. The first-order chi connectivity index (χ1) is 7.29. The SMILES string of the molecule is COc1cccc(CC2CCCC2N)c1. The molecule has 1 aliphatic carbocycles. The fraction of sp³-hybridized carbons (Fsp3) is 0.538. The summed E-state index contributed by atoms with van der Waals surface area (Å²) in [6.45, 7) is 0. The second kappa shape index (κ2) is 4.67. The van der Waals surface area contributed by atoms with E-state index in [-0.39, 0.29) is 0 Å². The van der Waals surface area contributed by atoms with E-state index >= 15 is 0 Å². The molecule has 1 saturated carbocycles. The minimum atomic E-state index is 0.399.